The Morgan fingerprint density at radius 2 is 2.00 bits per heavy atom. The third kappa shape index (κ3) is 2.75. The predicted molar refractivity (Wildman–Crippen MR) is 53.7 cm³/mol. The molecule has 0 fully saturated rings. The highest BCUT2D eigenvalue weighted by atomic mass is 32.1. The Bertz CT molecular complexity index is 298. The summed E-state index contributed by atoms with van der Waals surface area (Å²) in [5.74, 6) is -1.11. The van der Waals surface area contributed by atoms with Gasteiger partial charge in [0, 0.05) is 6.42 Å². The number of rotatable bonds is 3. The fraction of sp³-hybridized carbons (Fsp3) is 0.222. The summed E-state index contributed by atoms with van der Waals surface area (Å²) in [6.45, 7) is 0. The number of hydrogen-bond donors (Lipinski definition) is 3. The van der Waals surface area contributed by atoms with E-state index in [1.807, 2.05) is 30.3 Å². The van der Waals surface area contributed by atoms with Crippen LogP contribution < -0.4 is 5.73 Å². The standard InChI is InChI=1S/C9H11NO2S/c10-9(13,8(11)12)6-7-4-2-1-3-5-7/h1-5,13H,6,10H2,(H,11,12)/t9-/m1/s1. The summed E-state index contributed by atoms with van der Waals surface area (Å²) >= 11 is 3.87. The smallest absolute Gasteiger partial charge is 0.334 e. The molecular weight excluding hydrogens is 186 g/mol. The molecule has 0 aromatic heterocycles. The second-order valence-electron chi connectivity index (χ2n) is 2.89. The molecule has 0 saturated heterocycles. The minimum absolute atomic E-state index is 0.215. The summed E-state index contributed by atoms with van der Waals surface area (Å²) in [4.78, 5) is 9.14. The Balaban J connectivity index is 2.75. The molecule has 1 rings (SSSR count). The Hall–Kier alpha value is -1.00. The number of carboxylic acid groups (broad SMARTS) is 1. The zero-order valence-electron chi connectivity index (χ0n) is 6.97. The van der Waals surface area contributed by atoms with Crippen molar-refractivity contribution in [1.82, 2.24) is 0 Å². The molecule has 0 spiro atoms. The number of aliphatic carboxylic acids is 1. The molecule has 3 nitrogen and oxygen atoms in total. The average Bonchev–Trinajstić information content (AvgIpc) is 2.05. The largest absolute Gasteiger partial charge is 0.479 e. The number of carbonyl (C=O) groups is 1. The van der Waals surface area contributed by atoms with Crippen molar-refractivity contribution in [1.29, 1.82) is 0 Å². The van der Waals surface area contributed by atoms with E-state index in [1.54, 1.807) is 0 Å². The number of benzene rings is 1. The van der Waals surface area contributed by atoms with Gasteiger partial charge >= 0.3 is 5.97 Å². The van der Waals surface area contributed by atoms with Gasteiger partial charge in [0.2, 0.25) is 0 Å². The number of nitrogens with two attached hydrogens (primary N) is 1. The lowest BCUT2D eigenvalue weighted by Crippen LogP contribution is -2.44. The number of thiol groups is 1. The van der Waals surface area contributed by atoms with Gasteiger partial charge in [0.15, 0.2) is 4.87 Å². The molecule has 1 aromatic rings. The van der Waals surface area contributed by atoms with Crippen LogP contribution in [0.25, 0.3) is 0 Å². The van der Waals surface area contributed by atoms with E-state index in [1.165, 1.54) is 0 Å². The van der Waals surface area contributed by atoms with Crippen molar-refractivity contribution in [3.63, 3.8) is 0 Å². The molecule has 13 heavy (non-hydrogen) atoms. The summed E-state index contributed by atoms with van der Waals surface area (Å²) in [6, 6.07) is 9.17. The van der Waals surface area contributed by atoms with Crippen molar-refractivity contribution in [2.75, 3.05) is 0 Å². The summed E-state index contributed by atoms with van der Waals surface area (Å²) in [5.41, 5.74) is 6.32. The molecule has 0 bridgehead atoms. The first-order valence-corrected chi connectivity index (χ1v) is 4.26. The van der Waals surface area contributed by atoms with Crippen LogP contribution in [-0.2, 0) is 11.2 Å². The van der Waals surface area contributed by atoms with Crippen LogP contribution in [0.5, 0.6) is 0 Å². The molecule has 1 aromatic carbocycles. The SMILES string of the molecule is N[C@@](S)(Cc1ccccc1)C(=O)O. The molecule has 0 aliphatic carbocycles. The third-order valence-corrected chi connectivity index (χ3v) is 2.04. The molecule has 0 aliphatic rings. The Morgan fingerprint density at radius 1 is 1.46 bits per heavy atom. The first-order valence-electron chi connectivity index (χ1n) is 3.81. The number of hydrogen-bond acceptors (Lipinski definition) is 3. The fourth-order valence-corrected chi connectivity index (χ4v) is 1.17. The van der Waals surface area contributed by atoms with Crippen LogP contribution in [0.4, 0.5) is 0 Å². The van der Waals surface area contributed by atoms with Crippen molar-refractivity contribution >= 4 is 18.6 Å². The first-order chi connectivity index (χ1) is 6.02. The molecule has 70 valence electrons. The van der Waals surface area contributed by atoms with Crippen molar-refractivity contribution in [2.24, 2.45) is 5.73 Å². The minimum Gasteiger partial charge on any atom is -0.479 e. The van der Waals surface area contributed by atoms with Gasteiger partial charge in [-0.05, 0) is 5.56 Å². The quantitative estimate of drug-likeness (QED) is 0.498. The summed E-state index contributed by atoms with van der Waals surface area (Å²) < 4.78 is 0. The summed E-state index contributed by atoms with van der Waals surface area (Å²) in [7, 11) is 0. The lowest BCUT2D eigenvalue weighted by atomic mass is 10.1. The highest BCUT2D eigenvalue weighted by Crippen LogP contribution is 2.14. The molecule has 0 aliphatic heterocycles. The highest BCUT2D eigenvalue weighted by Gasteiger charge is 2.29. The second kappa shape index (κ2) is 3.81. The maximum absolute atomic E-state index is 10.6. The zero-order chi connectivity index (χ0) is 9.90. The van der Waals surface area contributed by atoms with E-state index < -0.39 is 10.8 Å². The van der Waals surface area contributed by atoms with E-state index in [0.29, 0.717) is 0 Å². The lowest BCUT2D eigenvalue weighted by molar-refractivity contribution is -0.139. The van der Waals surface area contributed by atoms with E-state index in [4.69, 9.17) is 10.8 Å². The van der Waals surface area contributed by atoms with E-state index in [-0.39, 0.29) is 6.42 Å². The molecule has 0 saturated carbocycles. The normalized spacial score (nSPS) is 14.9. The van der Waals surface area contributed by atoms with Crippen LogP contribution >= 0.6 is 12.6 Å². The maximum atomic E-state index is 10.6. The first kappa shape index (κ1) is 10.1. The van der Waals surface area contributed by atoms with Crippen molar-refractivity contribution in [3.8, 4) is 0 Å². The Labute approximate surface area is 82.0 Å². The summed E-state index contributed by atoms with van der Waals surface area (Å²) in [6.07, 6.45) is 0.215. The van der Waals surface area contributed by atoms with E-state index in [2.05, 4.69) is 12.6 Å². The van der Waals surface area contributed by atoms with Gasteiger partial charge in [0.1, 0.15) is 0 Å². The van der Waals surface area contributed by atoms with Gasteiger partial charge in [-0.2, -0.15) is 0 Å². The van der Waals surface area contributed by atoms with Gasteiger partial charge in [0.25, 0.3) is 0 Å². The monoisotopic (exact) mass is 197 g/mol. The van der Waals surface area contributed by atoms with Crippen LogP contribution in [0.3, 0.4) is 0 Å². The van der Waals surface area contributed by atoms with Crippen LogP contribution in [0, 0.1) is 0 Å². The van der Waals surface area contributed by atoms with Crippen LogP contribution in [0.1, 0.15) is 5.56 Å². The lowest BCUT2D eigenvalue weighted by Gasteiger charge is -2.17. The molecule has 3 N–H and O–H groups in total. The summed E-state index contributed by atoms with van der Waals surface area (Å²) in [5, 5.41) is 8.70. The van der Waals surface area contributed by atoms with Crippen LogP contribution in [0.15, 0.2) is 30.3 Å². The van der Waals surface area contributed by atoms with Crippen molar-refractivity contribution in [2.45, 2.75) is 11.3 Å². The van der Waals surface area contributed by atoms with Gasteiger partial charge in [0.05, 0.1) is 0 Å². The average molecular weight is 197 g/mol. The van der Waals surface area contributed by atoms with Gasteiger partial charge in [-0.25, -0.2) is 4.79 Å². The van der Waals surface area contributed by atoms with E-state index >= 15 is 0 Å². The molecule has 4 heteroatoms. The molecule has 1 atom stereocenters. The van der Waals surface area contributed by atoms with Crippen molar-refractivity contribution < 1.29 is 9.90 Å². The van der Waals surface area contributed by atoms with E-state index in [9.17, 15) is 4.79 Å². The topological polar surface area (TPSA) is 63.3 Å². The second-order valence-corrected chi connectivity index (χ2v) is 3.69. The molecule has 0 amide bonds. The third-order valence-electron chi connectivity index (χ3n) is 1.69. The zero-order valence-corrected chi connectivity index (χ0v) is 7.87. The minimum atomic E-state index is -1.48. The van der Waals surface area contributed by atoms with Crippen molar-refractivity contribution in [3.05, 3.63) is 35.9 Å². The molecule has 0 heterocycles. The Morgan fingerprint density at radius 3 is 2.46 bits per heavy atom. The van der Waals surface area contributed by atoms with Gasteiger partial charge in [-0.15, -0.1) is 12.6 Å². The Kier molecular flexibility index (Phi) is 2.95. The maximum Gasteiger partial charge on any atom is 0.334 e. The van der Waals surface area contributed by atoms with Gasteiger partial charge in [-0.3, -0.25) is 0 Å². The highest BCUT2D eigenvalue weighted by molar-refractivity contribution is 7.82. The molecule has 0 radical (unpaired) electrons. The molecular formula is C9H11NO2S. The fourth-order valence-electron chi connectivity index (χ4n) is 0.983. The van der Waals surface area contributed by atoms with Crippen LogP contribution in [-0.4, -0.2) is 15.9 Å². The van der Waals surface area contributed by atoms with Gasteiger partial charge in [-0.1, -0.05) is 30.3 Å². The number of carboxylic acids is 1. The van der Waals surface area contributed by atoms with Gasteiger partial charge < -0.3 is 10.8 Å². The molecule has 0 unspecified atom stereocenters. The van der Waals surface area contributed by atoms with Crippen LogP contribution in [0.2, 0.25) is 0 Å². The predicted octanol–water partition coefficient (Wildman–Crippen LogP) is 0.899. The van der Waals surface area contributed by atoms with E-state index in [0.717, 1.165) is 5.56 Å².